The van der Waals surface area contributed by atoms with E-state index in [9.17, 15) is 9.59 Å². The Hall–Kier alpha value is -1.30. The Kier molecular flexibility index (Phi) is 8.14. The second-order valence-electron chi connectivity index (χ2n) is 4.74. The van der Waals surface area contributed by atoms with Crippen molar-refractivity contribution >= 4 is 12.0 Å². The van der Waals surface area contributed by atoms with E-state index < -0.39 is 12.0 Å². The molecule has 19 heavy (non-hydrogen) atoms. The Morgan fingerprint density at radius 3 is 2.26 bits per heavy atom. The van der Waals surface area contributed by atoms with Crippen molar-refractivity contribution in [2.24, 2.45) is 5.92 Å². The van der Waals surface area contributed by atoms with E-state index in [-0.39, 0.29) is 18.0 Å². The molecule has 6 heteroatoms. The number of carbonyl (C=O) groups excluding carboxylic acids is 1. The van der Waals surface area contributed by atoms with Crippen LogP contribution in [0.4, 0.5) is 4.79 Å². The molecule has 3 atom stereocenters. The van der Waals surface area contributed by atoms with Gasteiger partial charge in [0.1, 0.15) is 6.04 Å². The number of carbonyl (C=O) groups is 2. The zero-order valence-corrected chi connectivity index (χ0v) is 12.5. The van der Waals surface area contributed by atoms with Crippen LogP contribution in [0.3, 0.4) is 0 Å². The van der Waals surface area contributed by atoms with Gasteiger partial charge >= 0.3 is 12.0 Å². The normalized spacial score (nSPS) is 15.4. The lowest BCUT2D eigenvalue weighted by Crippen LogP contribution is -2.53. The zero-order chi connectivity index (χ0) is 15.0. The van der Waals surface area contributed by atoms with Crippen molar-refractivity contribution in [3.63, 3.8) is 0 Å². The van der Waals surface area contributed by atoms with Crippen LogP contribution in [-0.4, -0.2) is 54.4 Å². The lowest BCUT2D eigenvalue weighted by Gasteiger charge is -2.30. The number of rotatable bonds is 8. The molecule has 0 radical (unpaired) electrons. The van der Waals surface area contributed by atoms with Crippen LogP contribution in [0.2, 0.25) is 0 Å². The maximum Gasteiger partial charge on any atom is 0.326 e. The van der Waals surface area contributed by atoms with Gasteiger partial charge in [0.2, 0.25) is 0 Å². The summed E-state index contributed by atoms with van der Waals surface area (Å²) in [6, 6.07) is -1.32. The van der Waals surface area contributed by atoms with Crippen LogP contribution in [0.5, 0.6) is 0 Å². The number of aliphatic carboxylic acids is 1. The number of amides is 2. The number of nitrogens with zero attached hydrogens (tertiary/aromatic N) is 1. The molecule has 0 aliphatic carbocycles. The van der Waals surface area contributed by atoms with Crippen molar-refractivity contribution in [1.82, 2.24) is 10.2 Å². The number of nitrogens with one attached hydrogen (secondary N) is 1. The fourth-order valence-corrected chi connectivity index (χ4v) is 1.89. The zero-order valence-electron chi connectivity index (χ0n) is 12.5. The summed E-state index contributed by atoms with van der Waals surface area (Å²) in [5.41, 5.74) is 0. The summed E-state index contributed by atoms with van der Waals surface area (Å²) in [7, 11) is 1.57. The number of carboxylic acid groups (broad SMARTS) is 1. The standard InChI is InChI=1S/C13H26N2O4/c1-6-9(3)11(12(16)17)14-13(18)15(7-2)10(4)8-19-5/h9-11H,6-8H2,1-5H3,(H,14,18)(H,16,17). The lowest BCUT2D eigenvalue weighted by molar-refractivity contribution is -0.140. The van der Waals surface area contributed by atoms with E-state index >= 15 is 0 Å². The summed E-state index contributed by atoms with van der Waals surface area (Å²) in [6.07, 6.45) is 0.691. The van der Waals surface area contributed by atoms with Crippen molar-refractivity contribution in [1.29, 1.82) is 0 Å². The minimum atomic E-state index is -1.00. The molecule has 3 unspecified atom stereocenters. The van der Waals surface area contributed by atoms with Crippen LogP contribution in [0, 0.1) is 5.92 Å². The third-order valence-corrected chi connectivity index (χ3v) is 3.30. The van der Waals surface area contributed by atoms with E-state index in [1.165, 1.54) is 0 Å². The Balaban J connectivity index is 4.73. The molecule has 0 rings (SSSR count). The molecule has 2 amide bonds. The summed E-state index contributed by atoms with van der Waals surface area (Å²) in [5, 5.41) is 11.8. The number of urea groups is 1. The van der Waals surface area contributed by atoms with Crippen LogP contribution >= 0.6 is 0 Å². The van der Waals surface area contributed by atoms with E-state index in [1.54, 1.807) is 12.0 Å². The fraction of sp³-hybridized carbons (Fsp3) is 0.846. The second-order valence-corrected chi connectivity index (χ2v) is 4.74. The first kappa shape index (κ1) is 17.7. The van der Waals surface area contributed by atoms with E-state index in [1.807, 2.05) is 27.7 Å². The van der Waals surface area contributed by atoms with E-state index in [2.05, 4.69) is 5.32 Å². The first-order valence-electron chi connectivity index (χ1n) is 6.67. The molecule has 0 spiro atoms. The average molecular weight is 274 g/mol. The summed E-state index contributed by atoms with van der Waals surface area (Å²) < 4.78 is 5.02. The van der Waals surface area contributed by atoms with Crippen molar-refractivity contribution in [3.05, 3.63) is 0 Å². The number of methoxy groups -OCH3 is 1. The largest absolute Gasteiger partial charge is 0.480 e. The van der Waals surface area contributed by atoms with Gasteiger partial charge in [-0.3, -0.25) is 0 Å². The van der Waals surface area contributed by atoms with Crippen LogP contribution in [-0.2, 0) is 9.53 Å². The molecular formula is C13H26N2O4. The van der Waals surface area contributed by atoms with Gasteiger partial charge in [-0.05, 0) is 19.8 Å². The average Bonchev–Trinajstić information content (AvgIpc) is 2.35. The molecule has 112 valence electrons. The molecule has 0 saturated carbocycles. The Morgan fingerprint density at radius 2 is 1.89 bits per heavy atom. The third kappa shape index (κ3) is 5.46. The summed E-state index contributed by atoms with van der Waals surface area (Å²) in [5.74, 6) is -1.11. The molecule has 0 saturated heterocycles. The summed E-state index contributed by atoms with van der Waals surface area (Å²) >= 11 is 0. The van der Waals surface area contributed by atoms with Crippen molar-refractivity contribution in [2.75, 3.05) is 20.3 Å². The van der Waals surface area contributed by atoms with Gasteiger partial charge in [-0.1, -0.05) is 20.3 Å². The Labute approximate surface area is 115 Å². The van der Waals surface area contributed by atoms with Crippen LogP contribution < -0.4 is 5.32 Å². The number of likely N-dealkylation sites (N-methyl/N-ethyl adjacent to an activating group) is 1. The maximum atomic E-state index is 12.1. The van der Waals surface area contributed by atoms with E-state index in [0.29, 0.717) is 19.6 Å². The fourth-order valence-electron chi connectivity index (χ4n) is 1.89. The highest BCUT2D eigenvalue weighted by molar-refractivity contribution is 5.82. The molecule has 0 aromatic rings. The van der Waals surface area contributed by atoms with Gasteiger partial charge in [0.05, 0.1) is 12.6 Å². The first-order valence-corrected chi connectivity index (χ1v) is 6.67. The molecule has 0 aromatic carbocycles. The third-order valence-electron chi connectivity index (χ3n) is 3.30. The summed E-state index contributed by atoms with van der Waals surface area (Å²) in [6.45, 7) is 8.35. The Bertz CT molecular complexity index is 296. The minimum Gasteiger partial charge on any atom is -0.480 e. The SMILES string of the molecule is CCC(C)C(NC(=O)N(CC)C(C)COC)C(=O)O. The molecule has 0 aromatic heterocycles. The number of hydrogen-bond acceptors (Lipinski definition) is 3. The highest BCUT2D eigenvalue weighted by Gasteiger charge is 2.28. The smallest absolute Gasteiger partial charge is 0.326 e. The Morgan fingerprint density at radius 1 is 1.32 bits per heavy atom. The molecule has 6 nitrogen and oxygen atoms in total. The predicted octanol–water partition coefficient (Wildman–Crippen LogP) is 1.55. The molecule has 0 heterocycles. The van der Waals surface area contributed by atoms with Crippen molar-refractivity contribution in [2.45, 2.75) is 46.2 Å². The van der Waals surface area contributed by atoms with Crippen molar-refractivity contribution in [3.8, 4) is 0 Å². The quantitative estimate of drug-likeness (QED) is 0.704. The highest BCUT2D eigenvalue weighted by Crippen LogP contribution is 2.09. The van der Waals surface area contributed by atoms with Crippen molar-refractivity contribution < 1.29 is 19.4 Å². The molecular weight excluding hydrogens is 248 g/mol. The highest BCUT2D eigenvalue weighted by atomic mass is 16.5. The maximum absolute atomic E-state index is 12.1. The predicted molar refractivity (Wildman–Crippen MR) is 73.1 cm³/mol. The van der Waals surface area contributed by atoms with Gasteiger partial charge in [0, 0.05) is 13.7 Å². The van der Waals surface area contributed by atoms with Gasteiger partial charge in [-0.25, -0.2) is 9.59 Å². The van der Waals surface area contributed by atoms with E-state index in [4.69, 9.17) is 9.84 Å². The van der Waals surface area contributed by atoms with Crippen LogP contribution in [0.15, 0.2) is 0 Å². The van der Waals surface area contributed by atoms with Crippen LogP contribution in [0.1, 0.15) is 34.1 Å². The lowest BCUT2D eigenvalue weighted by atomic mass is 9.99. The molecule has 0 bridgehead atoms. The second kappa shape index (κ2) is 8.74. The number of carboxylic acids is 1. The van der Waals surface area contributed by atoms with Gasteiger partial charge in [-0.15, -0.1) is 0 Å². The first-order chi connectivity index (χ1) is 8.88. The topological polar surface area (TPSA) is 78.9 Å². The van der Waals surface area contributed by atoms with Gasteiger partial charge in [0.25, 0.3) is 0 Å². The van der Waals surface area contributed by atoms with Gasteiger partial charge in [0.15, 0.2) is 0 Å². The molecule has 0 fully saturated rings. The summed E-state index contributed by atoms with van der Waals surface area (Å²) in [4.78, 5) is 24.9. The number of ether oxygens (including phenoxy) is 1. The van der Waals surface area contributed by atoms with Gasteiger partial charge in [-0.2, -0.15) is 0 Å². The van der Waals surface area contributed by atoms with Gasteiger partial charge < -0.3 is 20.1 Å². The monoisotopic (exact) mass is 274 g/mol. The molecule has 2 N–H and O–H groups in total. The number of hydrogen-bond donors (Lipinski definition) is 2. The van der Waals surface area contributed by atoms with E-state index in [0.717, 1.165) is 0 Å². The molecule has 0 aliphatic rings. The minimum absolute atomic E-state index is 0.0959. The van der Waals surface area contributed by atoms with Crippen LogP contribution in [0.25, 0.3) is 0 Å². The molecule has 0 aliphatic heterocycles.